The van der Waals surface area contributed by atoms with Crippen molar-refractivity contribution in [2.75, 3.05) is 19.6 Å². The molecule has 0 aromatic carbocycles. The van der Waals surface area contributed by atoms with E-state index in [2.05, 4.69) is 0 Å². The molecule has 2 aliphatic rings. The van der Waals surface area contributed by atoms with Crippen LogP contribution in [0.15, 0.2) is 0 Å². The van der Waals surface area contributed by atoms with Crippen LogP contribution in [0.4, 0.5) is 4.79 Å². The molecule has 0 saturated carbocycles. The molecule has 2 heterocycles. The van der Waals surface area contributed by atoms with Gasteiger partial charge in [-0.2, -0.15) is 0 Å². The van der Waals surface area contributed by atoms with E-state index < -0.39 is 5.97 Å². The molecule has 3 amide bonds. The molecule has 3 N–H and O–H groups in total. The average molecular weight is 297 g/mol. The lowest BCUT2D eigenvalue weighted by atomic mass is 9.93. The molecule has 118 valence electrons. The highest BCUT2D eigenvalue weighted by molar-refractivity contribution is 5.80. The Morgan fingerprint density at radius 2 is 1.67 bits per heavy atom. The van der Waals surface area contributed by atoms with Gasteiger partial charge in [0.15, 0.2) is 0 Å². The largest absolute Gasteiger partial charge is 0.481 e. The number of rotatable bonds is 2. The van der Waals surface area contributed by atoms with E-state index >= 15 is 0 Å². The van der Waals surface area contributed by atoms with Crippen molar-refractivity contribution in [1.29, 1.82) is 0 Å². The van der Waals surface area contributed by atoms with Crippen LogP contribution in [0.1, 0.15) is 32.6 Å². The summed E-state index contributed by atoms with van der Waals surface area (Å²) in [5.74, 6) is -1.78. The number of urea groups is 1. The number of nitrogens with zero attached hydrogens (tertiary/aromatic N) is 2. The fourth-order valence-electron chi connectivity index (χ4n) is 3.11. The first-order chi connectivity index (χ1) is 9.90. The molecule has 0 aliphatic carbocycles. The third kappa shape index (κ3) is 3.46. The lowest BCUT2D eigenvalue weighted by molar-refractivity contribution is -0.143. The highest BCUT2D eigenvalue weighted by Gasteiger charge is 2.35. The second kappa shape index (κ2) is 6.32. The van der Waals surface area contributed by atoms with Crippen LogP contribution in [0.25, 0.3) is 0 Å². The van der Waals surface area contributed by atoms with E-state index in [-0.39, 0.29) is 29.8 Å². The second-order valence-electron chi connectivity index (χ2n) is 6.06. The zero-order valence-electron chi connectivity index (χ0n) is 12.3. The van der Waals surface area contributed by atoms with Gasteiger partial charge < -0.3 is 20.6 Å². The number of primary amides is 1. The summed E-state index contributed by atoms with van der Waals surface area (Å²) in [6.07, 6.45) is 2.47. The van der Waals surface area contributed by atoms with E-state index in [1.54, 1.807) is 9.80 Å². The van der Waals surface area contributed by atoms with Crippen molar-refractivity contribution in [2.24, 2.45) is 17.6 Å². The highest BCUT2D eigenvalue weighted by atomic mass is 16.4. The lowest BCUT2D eigenvalue weighted by Gasteiger charge is -2.41. The van der Waals surface area contributed by atoms with Gasteiger partial charge in [0.2, 0.25) is 5.91 Å². The fraction of sp³-hybridized carbons (Fsp3) is 0.786. The summed E-state index contributed by atoms with van der Waals surface area (Å²) in [5, 5.41) is 8.98. The Balaban J connectivity index is 1.96. The molecule has 2 aliphatic heterocycles. The Morgan fingerprint density at radius 3 is 2.19 bits per heavy atom. The number of carboxylic acid groups (broad SMARTS) is 1. The Morgan fingerprint density at radius 1 is 1.05 bits per heavy atom. The van der Waals surface area contributed by atoms with Gasteiger partial charge >= 0.3 is 12.0 Å². The Hall–Kier alpha value is -1.79. The first-order valence-electron chi connectivity index (χ1n) is 7.47. The van der Waals surface area contributed by atoms with Gasteiger partial charge in [-0.1, -0.05) is 0 Å². The van der Waals surface area contributed by atoms with Crippen LogP contribution >= 0.6 is 0 Å². The van der Waals surface area contributed by atoms with Crippen LogP contribution in [0.3, 0.4) is 0 Å². The van der Waals surface area contributed by atoms with E-state index in [0.29, 0.717) is 32.5 Å². The molecule has 0 spiro atoms. The minimum absolute atomic E-state index is 0.0882. The molecule has 2 atom stereocenters. The van der Waals surface area contributed by atoms with Crippen molar-refractivity contribution >= 4 is 17.9 Å². The number of amides is 3. The van der Waals surface area contributed by atoms with Gasteiger partial charge in [-0.05, 0) is 32.6 Å². The van der Waals surface area contributed by atoms with E-state index in [4.69, 9.17) is 10.8 Å². The van der Waals surface area contributed by atoms with Crippen LogP contribution in [-0.4, -0.2) is 58.5 Å². The Bertz CT molecular complexity index is 432. The molecule has 0 bridgehead atoms. The van der Waals surface area contributed by atoms with Crippen molar-refractivity contribution in [1.82, 2.24) is 9.80 Å². The molecule has 7 nitrogen and oxygen atoms in total. The van der Waals surface area contributed by atoms with E-state index in [9.17, 15) is 14.4 Å². The molecule has 0 aromatic rings. The summed E-state index contributed by atoms with van der Waals surface area (Å²) in [5.41, 5.74) is 5.35. The molecular formula is C14H23N3O4. The number of likely N-dealkylation sites (tertiary alicyclic amines) is 2. The minimum atomic E-state index is -0.790. The molecule has 2 fully saturated rings. The molecule has 2 unspecified atom stereocenters. The average Bonchev–Trinajstić information content (AvgIpc) is 2.47. The third-order valence-electron chi connectivity index (χ3n) is 4.64. The summed E-state index contributed by atoms with van der Waals surface area (Å²) in [6.45, 7) is 3.26. The number of carbonyl (C=O) groups excluding carboxylic acids is 2. The molecule has 2 saturated heterocycles. The zero-order valence-corrected chi connectivity index (χ0v) is 12.3. The fourth-order valence-corrected chi connectivity index (χ4v) is 3.11. The van der Waals surface area contributed by atoms with Gasteiger partial charge in [0.25, 0.3) is 0 Å². The summed E-state index contributed by atoms with van der Waals surface area (Å²) in [4.78, 5) is 38.2. The maximum absolute atomic E-state index is 12.6. The number of carbonyl (C=O) groups is 3. The zero-order chi connectivity index (χ0) is 15.6. The van der Waals surface area contributed by atoms with Gasteiger partial charge in [0.1, 0.15) is 0 Å². The van der Waals surface area contributed by atoms with Gasteiger partial charge in [-0.25, -0.2) is 4.79 Å². The first kappa shape index (κ1) is 15.6. The second-order valence-corrected chi connectivity index (χ2v) is 6.06. The van der Waals surface area contributed by atoms with Crippen molar-refractivity contribution in [2.45, 2.75) is 38.6 Å². The van der Waals surface area contributed by atoms with Crippen LogP contribution in [0, 0.1) is 11.8 Å². The smallest absolute Gasteiger partial charge is 0.320 e. The Labute approximate surface area is 124 Å². The summed E-state index contributed by atoms with van der Waals surface area (Å²) >= 11 is 0. The van der Waals surface area contributed by atoms with Crippen LogP contribution in [0.5, 0.6) is 0 Å². The minimum Gasteiger partial charge on any atom is -0.481 e. The van der Waals surface area contributed by atoms with Gasteiger partial charge in [0, 0.05) is 25.7 Å². The monoisotopic (exact) mass is 297 g/mol. The number of hydrogen-bond acceptors (Lipinski definition) is 3. The van der Waals surface area contributed by atoms with Crippen LogP contribution in [0.2, 0.25) is 0 Å². The standard InChI is InChI=1S/C14H23N3O4/c1-9-2-3-11(12(15)18)8-17(9)14(21)16-6-4-10(5-7-16)13(19)20/h9-11H,2-8H2,1H3,(H2,15,18)(H,19,20). The molecule has 0 aromatic heterocycles. The number of piperidine rings is 2. The van der Waals surface area contributed by atoms with E-state index in [1.807, 2.05) is 6.92 Å². The van der Waals surface area contributed by atoms with Gasteiger partial charge in [0.05, 0.1) is 11.8 Å². The first-order valence-corrected chi connectivity index (χ1v) is 7.47. The van der Waals surface area contributed by atoms with E-state index in [0.717, 1.165) is 12.8 Å². The molecule has 2 rings (SSSR count). The van der Waals surface area contributed by atoms with Crippen molar-refractivity contribution in [3.63, 3.8) is 0 Å². The molecule has 0 radical (unpaired) electrons. The predicted octanol–water partition coefficient (Wildman–Crippen LogP) is 0.489. The normalized spacial score (nSPS) is 27.5. The summed E-state index contributed by atoms with van der Waals surface area (Å²) in [7, 11) is 0. The molecule has 21 heavy (non-hydrogen) atoms. The summed E-state index contributed by atoms with van der Waals surface area (Å²) in [6, 6.07) is -0.0115. The SMILES string of the molecule is CC1CCC(C(N)=O)CN1C(=O)N1CCC(C(=O)O)CC1. The van der Waals surface area contributed by atoms with Gasteiger partial charge in [-0.15, -0.1) is 0 Å². The number of aliphatic carboxylic acids is 1. The van der Waals surface area contributed by atoms with Crippen LogP contribution in [-0.2, 0) is 9.59 Å². The number of hydrogen-bond donors (Lipinski definition) is 2. The third-order valence-corrected chi connectivity index (χ3v) is 4.64. The topological polar surface area (TPSA) is 104 Å². The van der Waals surface area contributed by atoms with Crippen molar-refractivity contribution in [3.8, 4) is 0 Å². The number of nitrogens with two attached hydrogens (primary N) is 1. The maximum atomic E-state index is 12.6. The van der Waals surface area contributed by atoms with Gasteiger partial charge in [-0.3, -0.25) is 9.59 Å². The highest BCUT2D eigenvalue weighted by Crippen LogP contribution is 2.25. The molecular weight excluding hydrogens is 274 g/mol. The summed E-state index contributed by atoms with van der Waals surface area (Å²) < 4.78 is 0. The van der Waals surface area contributed by atoms with E-state index in [1.165, 1.54) is 0 Å². The molecule has 7 heteroatoms. The number of carboxylic acids is 1. The van der Waals surface area contributed by atoms with Crippen molar-refractivity contribution < 1.29 is 19.5 Å². The lowest BCUT2D eigenvalue weighted by Crippen LogP contribution is -2.54. The van der Waals surface area contributed by atoms with Crippen molar-refractivity contribution in [3.05, 3.63) is 0 Å². The quantitative estimate of drug-likeness (QED) is 0.774. The Kier molecular flexibility index (Phi) is 4.69. The predicted molar refractivity (Wildman–Crippen MR) is 75.4 cm³/mol. The van der Waals surface area contributed by atoms with Crippen LogP contribution < -0.4 is 5.73 Å². The maximum Gasteiger partial charge on any atom is 0.320 e.